The number of anilines is 1. The molecule has 0 aliphatic carbocycles. The van der Waals surface area contributed by atoms with Crippen LogP contribution in [0.3, 0.4) is 0 Å². The number of unbranched alkanes of at least 4 members (excludes halogenated alkanes) is 1. The summed E-state index contributed by atoms with van der Waals surface area (Å²) in [6, 6.07) is 10.8. The quantitative estimate of drug-likeness (QED) is 0.594. The smallest absolute Gasteiger partial charge is 0.241 e. The lowest BCUT2D eigenvalue weighted by atomic mass is 10.1. The monoisotopic (exact) mass is 381 g/mol. The molecular formula is C17H23N3O5S. The first-order valence-electron chi connectivity index (χ1n) is 7.72. The predicted molar refractivity (Wildman–Crippen MR) is 98.0 cm³/mol. The Kier molecular flexibility index (Phi) is 7.56. The molecule has 0 bridgehead atoms. The molecule has 0 spiro atoms. The fourth-order valence-corrected chi connectivity index (χ4v) is 2.88. The van der Waals surface area contributed by atoms with E-state index >= 15 is 0 Å². The third-order valence-electron chi connectivity index (χ3n) is 3.41. The number of benzene rings is 2. The van der Waals surface area contributed by atoms with Crippen molar-refractivity contribution in [1.29, 1.82) is 0 Å². The molecule has 2 aromatic carbocycles. The van der Waals surface area contributed by atoms with Crippen LogP contribution in [0.1, 0.15) is 30.1 Å². The molecule has 0 saturated carbocycles. The lowest BCUT2D eigenvalue weighted by Crippen LogP contribution is -2.24. The van der Waals surface area contributed by atoms with E-state index in [9.17, 15) is 18.3 Å². The lowest BCUT2D eigenvalue weighted by molar-refractivity contribution is -0.255. The number of hydrogen-bond donors (Lipinski definition) is 3. The molecule has 2 aromatic rings. The maximum absolute atomic E-state index is 12.0. The molecule has 7 N–H and O–H groups in total. The Morgan fingerprint density at radius 1 is 1.23 bits per heavy atom. The predicted octanol–water partition coefficient (Wildman–Crippen LogP) is 2.08. The molecule has 0 aliphatic heterocycles. The van der Waals surface area contributed by atoms with E-state index in [4.69, 9.17) is 9.88 Å². The van der Waals surface area contributed by atoms with Gasteiger partial charge in [0.15, 0.2) is 5.75 Å². The number of hydrogen-bond acceptors (Lipinski definition) is 6. The fraction of sp³-hybridized carbons (Fsp3) is 0.235. The van der Waals surface area contributed by atoms with Gasteiger partial charge in [0.2, 0.25) is 10.0 Å². The molecule has 0 heterocycles. The molecule has 142 valence electrons. The van der Waals surface area contributed by atoms with Crippen molar-refractivity contribution < 1.29 is 23.1 Å². The average Bonchev–Trinajstić information content (AvgIpc) is 2.56. The second-order valence-corrected chi connectivity index (χ2v) is 6.91. The first kappa shape index (κ1) is 21.4. The van der Waals surface area contributed by atoms with Crippen molar-refractivity contribution in [2.45, 2.75) is 24.7 Å². The number of nitrogens with two attached hydrogens (primary N) is 1. The van der Waals surface area contributed by atoms with Crippen LogP contribution in [0, 0.1) is 0 Å². The summed E-state index contributed by atoms with van der Waals surface area (Å²) in [6.07, 6.45) is 1.72. The summed E-state index contributed by atoms with van der Waals surface area (Å²) >= 11 is 0. The van der Waals surface area contributed by atoms with Gasteiger partial charge in [0.25, 0.3) is 0 Å². The van der Waals surface area contributed by atoms with Gasteiger partial charge in [-0.15, -0.1) is 0 Å². The van der Waals surface area contributed by atoms with Gasteiger partial charge in [-0.2, -0.15) is 0 Å². The summed E-state index contributed by atoms with van der Waals surface area (Å²) < 4.78 is 29.6. The van der Waals surface area contributed by atoms with Gasteiger partial charge in [0, 0.05) is 12.1 Å². The second-order valence-electron chi connectivity index (χ2n) is 5.38. The van der Waals surface area contributed by atoms with E-state index < -0.39 is 20.9 Å². The van der Waals surface area contributed by atoms with E-state index in [2.05, 4.69) is 5.32 Å². The van der Waals surface area contributed by atoms with Gasteiger partial charge in [-0.3, -0.25) is 0 Å². The van der Waals surface area contributed by atoms with Crippen LogP contribution in [0.5, 0.6) is 11.5 Å². The molecule has 0 aliphatic rings. The van der Waals surface area contributed by atoms with Crippen LogP contribution in [0.4, 0.5) is 5.69 Å². The van der Waals surface area contributed by atoms with Crippen molar-refractivity contribution in [2.75, 3.05) is 11.9 Å². The molecule has 8 nitrogen and oxygen atoms in total. The molecule has 0 radical (unpaired) electrons. The largest absolute Gasteiger partial charge is 0.545 e. The average molecular weight is 381 g/mol. The van der Waals surface area contributed by atoms with Crippen LogP contribution in [0.15, 0.2) is 47.4 Å². The standard InChI is InChI=1S/C17H20N2O5S.H3N/c1-2-3-9-19-14-10-12(17(20)21)11-15(25(18,22)23)16(14)24-13-7-5-4-6-8-13;/h4-8,10-11,19H,2-3,9H2,1H3,(H,20,21)(H2,18,22,23);1H3. The SMILES string of the molecule is CCCCNc1cc(C(=O)[O-])cc(S(N)(=O)=O)c1Oc1ccccc1.[NH4+]. The van der Waals surface area contributed by atoms with Crippen LogP contribution >= 0.6 is 0 Å². The zero-order valence-corrected chi connectivity index (χ0v) is 15.5. The van der Waals surface area contributed by atoms with Gasteiger partial charge in [0.1, 0.15) is 10.6 Å². The maximum Gasteiger partial charge on any atom is 0.241 e. The second kappa shape index (κ2) is 9.18. The highest BCUT2D eigenvalue weighted by Crippen LogP contribution is 2.37. The highest BCUT2D eigenvalue weighted by molar-refractivity contribution is 7.89. The Bertz CT molecular complexity index is 854. The van der Waals surface area contributed by atoms with E-state index in [0.29, 0.717) is 12.3 Å². The van der Waals surface area contributed by atoms with Crippen LogP contribution in [-0.4, -0.2) is 20.9 Å². The normalized spacial score (nSPS) is 10.7. The van der Waals surface area contributed by atoms with E-state index in [1.807, 2.05) is 6.92 Å². The topological polar surface area (TPSA) is 158 Å². The molecule has 0 aromatic heterocycles. The number of primary sulfonamides is 1. The van der Waals surface area contributed by atoms with Crippen molar-refractivity contribution in [3.05, 3.63) is 48.0 Å². The number of quaternary nitrogens is 1. The molecule has 0 saturated heterocycles. The first-order valence-corrected chi connectivity index (χ1v) is 9.26. The zero-order valence-electron chi connectivity index (χ0n) is 14.7. The fourth-order valence-electron chi connectivity index (χ4n) is 2.17. The maximum atomic E-state index is 12.0. The van der Waals surface area contributed by atoms with Crippen LogP contribution < -0.4 is 26.4 Å². The number of carboxylic acids is 1. The third-order valence-corrected chi connectivity index (χ3v) is 4.32. The third kappa shape index (κ3) is 5.45. The minimum absolute atomic E-state index is 0. The number of sulfonamides is 1. The minimum Gasteiger partial charge on any atom is -0.545 e. The molecular weight excluding hydrogens is 358 g/mol. The highest BCUT2D eigenvalue weighted by Gasteiger charge is 2.22. The number of rotatable bonds is 8. The number of carbonyl (C=O) groups excluding carboxylic acids is 1. The molecule has 2 rings (SSSR count). The van der Waals surface area contributed by atoms with Gasteiger partial charge in [-0.1, -0.05) is 31.5 Å². The number of aromatic carboxylic acids is 1. The minimum atomic E-state index is -4.22. The Morgan fingerprint density at radius 2 is 1.88 bits per heavy atom. The molecule has 0 unspecified atom stereocenters. The van der Waals surface area contributed by atoms with Crippen LogP contribution in [0.2, 0.25) is 0 Å². The van der Waals surface area contributed by atoms with Gasteiger partial charge < -0.3 is 26.1 Å². The summed E-state index contributed by atoms with van der Waals surface area (Å²) in [5, 5.41) is 19.5. The molecule has 0 atom stereocenters. The molecule has 26 heavy (non-hydrogen) atoms. The van der Waals surface area contributed by atoms with E-state index in [0.717, 1.165) is 18.9 Å². The first-order chi connectivity index (χ1) is 11.8. The summed E-state index contributed by atoms with van der Waals surface area (Å²) in [5.74, 6) is -1.16. The van der Waals surface area contributed by atoms with Crippen molar-refractivity contribution in [1.82, 2.24) is 6.15 Å². The summed E-state index contributed by atoms with van der Waals surface area (Å²) in [7, 11) is -4.22. The van der Waals surface area contributed by atoms with Gasteiger partial charge in [-0.25, -0.2) is 13.6 Å². The van der Waals surface area contributed by atoms with E-state index in [1.165, 1.54) is 6.07 Å². The van der Waals surface area contributed by atoms with Gasteiger partial charge in [0.05, 0.1) is 11.7 Å². The molecule has 9 heteroatoms. The van der Waals surface area contributed by atoms with Gasteiger partial charge in [-0.05, 0) is 30.7 Å². The van der Waals surface area contributed by atoms with E-state index in [-0.39, 0.29) is 23.2 Å². The number of nitrogens with one attached hydrogen (secondary N) is 1. The lowest BCUT2D eigenvalue weighted by Gasteiger charge is -2.18. The van der Waals surface area contributed by atoms with Crippen molar-refractivity contribution in [3.8, 4) is 11.5 Å². The number of carboxylic acid groups (broad SMARTS) is 1. The van der Waals surface area contributed by atoms with Crippen molar-refractivity contribution >= 4 is 21.7 Å². The summed E-state index contributed by atoms with van der Waals surface area (Å²) in [4.78, 5) is 10.8. The number of ether oxygens (including phenoxy) is 1. The van der Waals surface area contributed by atoms with Crippen molar-refractivity contribution in [2.24, 2.45) is 5.14 Å². The van der Waals surface area contributed by atoms with Gasteiger partial charge >= 0.3 is 0 Å². The summed E-state index contributed by atoms with van der Waals surface area (Å²) in [5.41, 5.74) is -0.0773. The van der Waals surface area contributed by atoms with Crippen LogP contribution in [0.25, 0.3) is 0 Å². The summed E-state index contributed by atoms with van der Waals surface area (Å²) in [6.45, 7) is 2.51. The van der Waals surface area contributed by atoms with Crippen molar-refractivity contribution in [3.63, 3.8) is 0 Å². The Hall–Kier alpha value is -2.62. The Labute approximate surface area is 152 Å². The number of carbonyl (C=O) groups is 1. The Morgan fingerprint density at radius 3 is 2.42 bits per heavy atom. The highest BCUT2D eigenvalue weighted by atomic mass is 32.2. The zero-order chi connectivity index (χ0) is 18.4. The Balaban J connectivity index is 0.00000338. The molecule has 0 amide bonds. The van der Waals surface area contributed by atoms with E-state index in [1.54, 1.807) is 30.3 Å². The molecule has 0 fully saturated rings. The van der Waals surface area contributed by atoms with Crippen LogP contribution in [-0.2, 0) is 10.0 Å². The number of para-hydroxylation sites is 1.